The van der Waals surface area contributed by atoms with E-state index in [-0.39, 0.29) is 101 Å². The van der Waals surface area contributed by atoms with Crippen LogP contribution in [-0.4, -0.2) is 119 Å². The van der Waals surface area contributed by atoms with Gasteiger partial charge in [0.05, 0.1) is 67.3 Å². The second-order valence-corrected chi connectivity index (χ2v) is 16.9. The first kappa shape index (κ1) is 75.8. The molecule has 0 spiro atoms. The number of hydrogen-bond donors (Lipinski definition) is 2. The molecule has 6 unspecified atom stereocenters. The molecule has 0 saturated carbocycles. The molecule has 16 heteroatoms. The van der Waals surface area contributed by atoms with Crippen molar-refractivity contribution < 1.29 is 79.7 Å². The molecule has 0 bridgehead atoms. The van der Waals surface area contributed by atoms with Crippen molar-refractivity contribution in [3.63, 3.8) is 0 Å². The molecule has 72 heavy (non-hydrogen) atoms. The molecular weight excluding hydrogens is 929 g/mol. The number of rotatable bonds is 27. The summed E-state index contributed by atoms with van der Waals surface area (Å²) < 4.78 is 39.3. The van der Waals surface area contributed by atoms with Crippen molar-refractivity contribution in [3.8, 4) is 29.9 Å². The fourth-order valence-corrected chi connectivity index (χ4v) is 3.94. The molecule has 6 atom stereocenters. The summed E-state index contributed by atoms with van der Waals surface area (Å²) in [6.07, 6.45) is 10.7. The Bertz CT molecular complexity index is 1620. The molecule has 0 aromatic heterocycles. The van der Waals surface area contributed by atoms with E-state index in [1.807, 2.05) is 127 Å². The molecule has 0 heterocycles. The monoisotopic (exact) mass is 1030 g/mol. The van der Waals surface area contributed by atoms with Gasteiger partial charge < -0.3 is 48.1 Å². The molecule has 0 aliphatic carbocycles. The molecule has 1 aromatic rings. The number of aliphatic hydroxyl groups excluding tert-OH is 2. The number of para-hydroxylation sites is 1. The molecule has 0 radical (unpaired) electrons. The van der Waals surface area contributed by atoms with Crippen LogP contribution in [0.15, 0.2) is 30.3 Å². The van der Waals surface area contributed by atoms with Gasteiger partial charge in [-0.2, -0.15) is 0 Å². The van der Waals surface area contributed by atoms with E-state index in [4.69, 9.17) is 49.8 Å². The molecule has 0 fully saturated rings. The molecule has 1 rings (SSSR count). The summed E-state index contributed by atoms with van der Waals surface area (Å²) in [5, 5.41) is 16.7. The maximum absolute atomic E-state index is 11.4. The minimum absolute atomic E-state index is 0. The summed E-state index contributed by atoms with van der Waals surface area (Å²) in [7, 11) is 1.58. The van der Waals surface area contributed by atoms with Crippen molar-refractivity contribution >= 4 is 35.8 Å². The zero-order chi connectivity index (χ0) is 56.3. The largest absolute Gasteiger partial charge is 0.490 e. The van der Waals surface area contributed by atoms with Crippen molar-refractivity contribution in [2.75, 3.05) is 73.2 Å². The van der Waals surface area contributed by atoms with Gasteiger partial charge in [0.25, 0.3) is 0 Å². The van der Waals surface area contributed by atoms with E-state index >= 15 is 0 Å². The number of hydrogen-bond acceptors (Lipinski definition) is 16. The van der Waals surface area contributed by atoms with Crippen molar-refractivity contribution in [1.82, 2.24) is 0 Å². The topological polar surface area (TPSA) is 217 Å². The van der Waals surface area contributed by atoms with Gasteiger partial charge in [-0.15, -0.1) is 6.42 Å². The van der Waals surface area contributed by atoms with Gasteiger partial charge >= 0.3 is 35.8 Å². The van der Waals surface area contributed by atoms with E-state index in [0.717, 1.165) is 50.7 Å². The molecule has 16 nitrogen and oxygen atoms in total. The molecule has 2 N–H and O–H groups in total. The number of ether oxygens (including phenoxy) is 8. The van der Waals surface area contributed by atoms with E-state index in [1.165, 1.54) is 0 Å². The second kappa shape index (κ2) is 52.2. The van der Waals surface area contributed by atoms with Gasteiger partial charge in [-0.1, -0.05) is 107 Å². The third kappa shape index (κ3) is 45.9. The molecule has 1 aromatic carbocycles. The van der Waals surface area contributed by atoms with E-state index in [2.05, 4.69) is 22.5 Å². The third-order valence-electron chi connectivity index (χ3n) is 10.6. The molecule has 0 aliphatic rings. The van der Waals surface area contributed by atoms with Crippen LogP contribution in [0, 0.1) is 65.1 Å². The summed E-state index contributed by atoms with van der Waals surface area (Å²) in [5.74, 6) is 7.47. The van der Waals surface area contributed by atoms with Crippen molar-refractivity contribution in [1.29, 1.82) is 0 Å². The van der Waals surface area contributed by atoms with Crippen molar-refractivity contribution in [2.45, 2.75) is 149 Å². The second-order valence-electron chi connectivity index (χ2n) is 16.9. The Morgan fingerprint density at radius 1 is 0.556 bits per heavy atom. The first-order chi connectivity index (χ1) is 34.1. The van der Waals surface area contributed by atoms with Crippen molar-refractivity contribution in [3.05, 3.63) is 30.3 Å². The normalized spacial score (nSPS) is 12.3. The minimum atomic E-state index is -0.421. The highest BCUT2D eigenvalue weighted by atomic mass is 16.6. The van der Waals surface area contributed by atoms with E-state index in [9.17, 15) is 28.8 Å². The Morgan fingerprint density at radius 2 is 0.944 bits per heavy atom. The first-order valence-corrected chi connectivity index (χ1v) is 25.4. The average molecular weight is 1030 g/mol. The lowest BCUT2D eigenvalue weighted by Gasteiger charge is -2.19. The maximum Gasteiger partial charge on any atom is 0.311 e. The summed E-state index contributed by atoms with van der Waals surface area (Å²) >= 11 is 0. The Hall–Kier alpha value is -5.16. The molecule has 0 amide bonds. The lowest BCUT2D eigenvalue weighted by molar-refractivity contribution is -0.155. The number of methoxy groups -OCH3 is 1. The van der Waals surface area contributed by atoms with Crippen LogP contribution in [0.3, 0.4) is 0 Å². The highest BCUT2D eigenvalue weighted by Crippen LogP contribution is 2.21. The van der Waals surface area contributed by atoms with Crippen LogP contribution >= 0.6 is 0 Å². The van der Waals surface area contributed by atoms with Gasteiger partial charge in [-0.25, -0.2) is 0 Å². The summed E-state index contributed by atoms with van der Waals surface area (Å²) in [6, 6.07) is 9.48. The number of benzene rings is 1. The number of carbonyl (C=O) groups is 6. The fraction of sp³-hybridized carbons (Fsp3) is 0.714. The highest BCUT2D eigenvalue weighted by molar-refractivity contribution is 5.76. The molecule has 420 valence electrons. The van der Waals surface area contributed by atoms with Gasteiger partial charge in [0.15, 0.2) is 0 Å². The van der Waals surface area contributed by atoms with Crippen LogP contribution in [0.2, 0.25) is 0 Å². The summed E-state index contributed by atoms with van der Waals surface area (Å²) in [5.41, 5.74) is -0.421. The van der Waals surface area contributed by atoms with Crippen LogP contribution in [0.4, 0.5) is 0 Å². The lowest BCUT2D eigenvalue weighted by Crippen LogP contribution is -2.26. The van der Waals surface area contributed by atoms with Gasteiger partial charge in [-0.3, -0.25) is 28.8 Å². The van der Waals surface area contributed by atoms with Crippen LogP contribution in [0.5, 0.6) is 5.75 Å². The molecule has 0 aliphatic heterocycles. The van der Waals surface area contributed by atoms with Gasteiger partial charge in [0.1, 0.15) is 45.4 Å². The van der Waals surface area contributed by atoms with Gasteiger partial charge in [0.2, 0.25) is 0 Å². The summed E-state index contributed by atoms with van der Waals surface area (Å²) in [4.78, 5) is 66.3. The van der Waals surface area contributed by atoms with Crippen LogP contribution in [0.1, 0.15) is 152 Å². The maximum atomic E-state index is 11.4. The lowest BCUT2D eigenvalue weighted by atomic mass is 9.91. The van der Waals surface area contributed by atoms with Crippen LogP contribution in [0.25, 0.3) is 0 Å². The molecule has 0 saturated heterocycles. The Labute approximate surface area is 437 Å². The number of terminal acetylenes is 1. The van der Waals surface area contributed by atoms with Gasteiger partial charge in [-0.05, 0) is 89.7 Å². The number of aliphatic hydroxyl groups is 2. The smallest absolute Gasteiger partial charge is 0.311 e. The Balaban J connectivity index is -0.000000147. The minimum Gasteiger partial charge on any atom is -0.490 e. The SMILES string of the molecule is C#CC#CC(CC)COC(=O)C(C)CC.CCC(C)(C)C(=O)OCCO.CCC(C)C(=O)OCCO.CCC(C)C(=O)OCCOC.CCC(C)C(=O)OCCOc1ccccc1.CCOC(=O)C(C)CC.[HH].[HH]. The van der Waals surface area contributed by atoms with Gasteiger partial charge in [0, 0.05) is 9.96 Å². The molecular formula is C56H100O16. The third-order valence-corrected chi connectivity index (χ3v) is 10.6. The predicted octanol–water partition coefficient (Wildman–Crippen LogP) is 9.73. The standard InChI is InChI=1S/C13H18O3.C13H18O2.2C8H16O3.C7H14O3.C7H14O2.2H2/c1-3-11(2)13(14)16-10-9-15-12-7-5-4-6-8-12;1-5-8-9-12(7-3)10-15-13(14)11(4)6-2;1-4-8(2,3)7(10)11-6-5-9;1-4-7(2)8(9)11-6-5-10-3;1-3-6(2)7(9)10-5-4-8;1-4-6(3)7(8)9-5-2;;/h4-8,11H,3,9-10H2,1-2H3;1,11-12H,6-7,10H2,2-4H3;9H,4-6H2,1-3H3;7H,4-6H2,1-3H3;6,8H,3-5H2,1-2H3;6H,4-5H2,1-3H3;2*1H. The zero-order valence-electron chi connectivity index (χ0n) is 47.1. The highest BCUT2D eigenvalue weighted by Gasteiger charge is 2.26. The van der Waals surface area contributed by atoms with E-state index < -0.39 is 5.41 Å². The summed E-state index contributed by atoms with van der Waals surface area (Å²) in [6.45, 7) is 30.8. The number of esters is 6. The first-order valence-electron chi connectivity index (χ1n) is 25.4. The van der Waals surface area contributed by atoms with E-state index in [0.29, 0.717) is 39.6 Å². The predicted molar refractivity (Wildman–Crippen MR) is 285 cm³/mol. The van der Waals surface area contributed by atoms with Crippen molar-refractivity contribution in [2.24, 2.45) is 40.9 Å². The van der Waals surface area contributed by atoms with Crippen LogP contribution < -0.4 is 4.74 Å². The Morgan fingerprint density at radius 3 is 1.31 bits per heavy atom. The quantitative estimate of drug-likeness (QED) is 0.0363. The fourth-order valence-electron chi connectivity index (χ4n) is 3.94. The van der Waals surface area contributed by atoms with E-state index in [1.54, 1.807) is 14.0 Å². The Kier molecular flexibility index (Phi) is 54.9. The average Bonchev–Trinajstić information content (AvgIpc) is 3.40. The van der Waals surface area contributed by atoms with Crippen LogP contribution in [-0.2, 0) is 61.9 Å². The number of carbonyl (C=O) groups excluding carboxylic acids is 6. The zero-order valence-corrected chi connectivity index (χ0v) is 47.1.